The van der Waals surface area contributed by atoms with Crippen LogP contribution in [0.15, 0.2) is 54.9 Å². The fourth-order valence-electron chi connectivity index (χ4n) is 2.59. The molecule has 0 saturated heterocycles. The molecular formula is C21H26N2O3. The summed E-state index contributed by atoms with van der Waals surface area (Å²) in [4.78, 5) is 28.5. The molecular weight excluding hydrogens is 328 g/mol. The van der Waals surface area contributed by atoms with Crippen molar-refractivity contribution < 1.29 is 14.3 Å². The third-order valence-corrected chi connectivity index (χ3v) is 4.05. The van der Waals surface area contributed by atoms with Crippen molar-refractivity contribution in [3.8, 4) is 0 Å². The van der Waals surface area contributed by atoms with Gasteiger partial charge in [0.25, 0.3) is 0 Å². The summed E-state index contributed by atoms with van der Waals surface area (Å²) < 4.78 is 5.37. The minimum absolute atomic E-state index is 0.0394. The summed E-state index contributed by atoms with van der Waals surface area (Å²) in [7, 11) is 0. The first-order valence-electron chi connectivity index (χ1n) is 8.95. The van der Waals surface area contributed by atoms with E-state index in [0.717, 1.165) is 24.0 Å². The van der Waals surface area contributed by atoms with Gasteiger partial charge in [-0.1, -0.05) is 44.2 Å². The number of pyridine rings is 1. The molecule has 1 atom stereocenters. The van der Waals surface area contributed by atoms with Gasteiger partial charge in [-0.25, -0.2) is 4.79 Å². The minimum atomic E-state index is -0.632. The van der Waals surface area contributed by atoms with E-state index in [1.165, 1.54) is 0 Å². The van der Waals surface area contributed by atoms with Crippen LogP contribution in [-0.2, 0) is 27.2 Å². The first kappa shape index (κ1) is 19.6. The van der Waals surface area contributed by atoms with Gasteiger partial charge in [0.2, 0.25) is 5.91 Å². The van der Waals surface area contributed by atoms with Gasteiger partial charge in [0, 0.05) is 12.4 Å². The summed E-state index contributed by atoms with van der Waals surface area (Å²) in [6.45, 7) is 4.12. The summed E-state index contributed by atoms with van der Waals surface area (Å²) in [5, 5.41) is 2.80. The van der Waals surface area contributed by atoms with Crippen molar-refractivity contribution in [3.05, 3.63) is 66.0 Å². The molecule has 0 aliphatic carbocycles. The Bertz CT molecular complexity index is 687. The average molecular weight is 354 g/mol. The molecule has 0 aliphatic rings. The van der Waals surface area contributed by atoms with E-state index in [-0.39, 0.29) is 24.2 Å². The Kier molecular flexibility index (Phi) is 7.80. The quantitative estimate of drug-likeness (QED) is 0.555. The predicted molar refractivity (Wildman–Crippen MR) is 100 cm³/mol. The number of esters is 1. The van der Waals surface area contributed by atoms with Crippen molar-refractivity contribution in [2.45, 2.75) is 39.2 Å². The van der Waals surface area contributed by atoms with Crippen molar-refractivity contribution in [2.24, 2.45) is 5.92 Å². The van der Waals surface area contributed by atoms with E-state index in [2.05, 4.69) is 10.3 Å². The molecule has 5 heteroatoms. The summed E-state index contributed by atoms with van der Waals surface area (Å²) in [5.74, 6) is -0.595. The summed E-state index contributed by atoms with van der Waals surface area (Å²) in [6.07, 6.45) is 5.30. The molecule has 0 radical (unpaired) electrons. The Balaban J connectivity index is 1.78. The molecule has 0 saturated carbocycles. The molecule has 2 aromatic rings. The lowest BCUT2D eigenvalue weighted by molar-refractivity contribution is -0.149. The van der Waals surface area contributed by atoms with E-state index in [1.54, 1.807) is 12.4 Å². The largest absolute Gasteiger partial charge is 0.464 e. The first-order valence-corrected chi connectivity index (χ1v) is 8.95. The fourth-order valence-corrected chi connectivity index (χ4v) is 2.59. The van der Waals surface area contributed by atoms with Gasteiger partial charge in [-0.15, -0.1) is 0 Å². The summed E-state index contributed by atoms with van der Waals surface area (Å²) >= 11 is 0. The van der Waals surface area contributed by atoms with Gasteiger partial charge in [-0.2, -0.15) is 0 Å². The second kappa shape index (κ2) is 10.3. The van der Waals surface area contributed by atoms with Gasteiger partial charge in [0.05, 0.1) is 13.0 Å². The maximum Gasteiger partial charge on any atom is 0.328 e. The number of carbonyl (C=O) groups excluding carboxylic acids is 2. The van der Waals surface area contributed by atoms with Gasteiger partial charge in [0.15, 0.2) is 0 Å². The van der Waals surface area contributed by atoms with Crippen LogP contribution >= 0.6 is 0 Å². The molecule has 0 aliphatic heterocycles. The molecule has 0 fully saturated rings. The lowest BCUT2D eigenvalue weighted by Crippen LogP contribution is -2.46. The van der Waals surface area contributed by atoms with Crippen LogP contribution in [0.5, 0.6) is 0 Å². The maximum absolute atomic E-state index is 12.3. The zero-order valence-corrected chi connectivity index (χ0v) is 15.4. The van der Waals surface area contributed by atoms with Crippen LogP contribution < -0.4 is 5.32 Å². The molecule has 26 heavy (non-hydrogen) atoms. The van der Waals surface area contributed by atoms with E-state index < -0.39 is 6.04 Å². The molecule has 0 bridgehead atoms. The van der Waals surface area contributed by atoms with Gasteiger partial charge in [0.1, 0.15) is 6.04 Å². The van der Waals surface area contributed by atoms with Crippen molar-refractivity contribution in [3.63, 3.8) is 0 Å². The number of benzene rings is 1. The molecule has 2 rings (SSSR count). The Morgan fingerprint density at radius 3 is 2.38 bits per heavy atom. The van der Waals surface area contributed by atoms with E-state index in [1.807, 2.05) is 56.3 Å². The van der Waals surface area contributed by atoms with Crippen LogP contribution in [0, 0.1) is 5.92 Å². The second-order valence-corrected chi connectivity index (χ2v) is 6.58. The van der Waals surface area contributed by atoms with E-state index in [4.69, 9.17) is 4.74 Å². The molecule has 1 heterocycles. The maximum atomic E-state index is 12.3. The van der Waals surface area contributed by atoms with Crippen LogP contribution in [0.25, 0.3) is 0 Å². The molecule has 1 unspecified atom stereocenters. The Hall–Kier alpha value is -2.69. The number of aryl methyl sites for hydroxylation is 1. The zero-order valence-electron chi connectivity index (χ0n) is 15.4. The third kappa shape index (κ3) is 6.67. The van der Waals surface area contributed by atoms with Gasteiger partial charge in [-0.05, 0) is 42.0 Å². The lowest BCUT2D eigenvalue weighted by Gasteiger charge is -2.21. The number of nitrogens with zero attached hydrogens (tertiary/aromatic N) is 1. The number of hydrogen-bond donors (Lipinski definition) is 1. The van der Waals surface area contributed by atoms with Crippen LogP contribution in [0.3, 0.4) is 0 Å². The molecule has 0 spiro atoms. The van der Waals surface area contributed by atoms with Crippen LogP contribution in [0.4, 0.5) is 0 Å². The van der Waals surface area contributed by atoms with E-state index in [0.29, 0.717) is 6.61 Å². The van der Waals surface area contributed by atoms with Crippen LogP contribution in [0.2, 0.25) is 0 Å². The highest BCUT2D eigenvalue weighted by Crippen LogP contribution is 2.07. The average Bonchev–Trinajstić information content (AvgIpc) is 2.64. The van der Waals surface area contributed by atoms with Crippen LogP contribution in [-0.4, -0.2) is 29.5 Å². The third-order valence-electron chi connectivity index (χ3n) is 4.05. The zero-order chi connectivity index (χ0) is 18.8. The Morgan fingerprint density at radius 2 is 1.73 bits per heavy atom. The Labute approximate surface area is 154 Å². The number of ether oxygens (including phenoxy) is 1. The highest BCUT2D eigenvalue weighted by Gasteiger charge is 2.25. The molecule has 138 valence electrons. The number of hydrogen-bond acceptors (Lipinski definition) is 4. The number of rotatable bonds is 9. The lowest BCUT2D eigenvalue weighted by atomic mass is 10.0. The molecule has 1 N–H and O–H groups in total. The summed E-state index contributed by atoms with van der Waals surface area (Å²) in [5.41, 5.74) is 2.07. The number of aromatic nitrogens is 1. The summed E-state index contributed by atoms with van der Waals surface area (Å²) in [6, 6.07) is 12.7. The SMILES string of the molecule is CC(C)C(NC(=O)Cc1ccccc1)C(=O)OCCCc1ccncc1. The van der Waals surface area contributed by atoms with Gasteiger partial charge < -0.3 is 10.1 Å². The second-order valence-electron chi connectivity index (χ2n) is 6.58. The van der Waals surface area contributed by atoms with Crippen molar-refractivity contribution in [1.82, 2.24) is 10.3 Å². The smallest absolute Gasteiger partial charge is 0.328 e. The van der Waals surface area contributed by atoms with Gasteiger partial charge >= 0.3 is 5.97 Å². The van der Waals surface area contributed by atoms with E-state index in [9.17, 15) is 9.59 Å². The molecule has 5 nitrogen and oxygen atoms in total. The molecule has 1 aromatic carbocycles. The first-order chi connectivity index (χ1) is 12.6. The highest BCUT2D eigenvalue weighted by atomic mass is 16.5. The molecule has 1 amide bonds. The highest BCUT2D eigenvalue weighted by molar-refractivity contribution is 5.85. The van der Waals surface area contributed by atoms with Crippen LogP contribution in [0.1, 0.15) is 31.4 Å². The Morgan fingerprint density at radius 1 is 1.04 bits per heavy atom. The minimum Gasteiger partial charge on any atom is -0.464 e. The van der Waals surface area contributed by atoms with Crippen molar-refractivity contribution in [2.75, 3.05) is 6.61 Å². The topological polar surface area (TPSA) is 68.3 Å². The fraction of sp³-hybridized carbons (Fsp3) is 0.381. The normalized spacial score (nSPS) is 11.8. The van der Waals surface area contributed by atoms with E-state index >= 15 is 0 Å². The number of carbonyl (C=O) groups is 2. The number of amides is 1. The van der Waals surface area contributed by atoms with Crippen molar-refractivity contribution in [1.29, 1.82) is 0 Å². The molecule has 1 aromatic heterocycles. The van der Waals surface area contributed by atoms with Gasteiger partial charge in [-0.3, -0.25) is 9.78 Å². The standard InChI is InChI=1S/C21H26N2O3/c1-16(2)20(23-19(24)15-18-7-4-3-5-8-18)21(25)26-14-6-9-17-10-12-22-13-11-17/h3-5,7-8,10-13,16,20H,6,9,14-15H2,1-2H3,(H,23,24). The predicted octanol–water partition coefficient (Wildman–Crippen LogP) is 2.94. The monoisotopic (exact) mass is 354 g/mol. The number of nitrogens with one attached hydrogen (secondary N) is 1. The van der Waals surface area contributed by atoms with Crippen molar-refractivity contribution >= 4 is 11.9 Å².